The first-order valence-electron chi connectivity index (χ1n) is 6.46. The minimum Gasteiger partial charge on any atom is -0.376 e. The van der Waals surface area contributed by atoms with Crippen molar-refractivity contribution in [3.05, 3.63) is 21.4 Å². The molecule has 2 aliphatic rings. The van der Waals surface area contributed by atoms with Crippen LogP contribution in [0.3, 0.4) is 0 Å². The average Bonchev–Trinajstić information content (AvgIpc) is 2.82. The highest BCUT2D eigenvalue weighted by Gasteiger charge is 2.26. The average molecular weight is 266 g/mol. The number of nitrogens with zero attached hydrogens (tertiary/aromatic N) is 1. The molecule has 0 spiro atoms. The van der Waals surface area contributed by atoms with E-state index in [1.807, 2.05) is 11.0 Å². The fraction of sp³-hybridized carbons (Fsp3) is 0.615. The molecule has 1 saturated heterocycles. The van der Waals surface area contributed by atoms with Gasteiger partial charge in [-0.05, 0) is 18.6 Å². The molecule has 3 heterocycles. The Morgan fingerprint density at radius 3 is 3.28 bits per heavy atom. The summed E-state index contributed by atoms with van der Waals surface area (Å²) in [5, 5.41) is 3.31. The van der Waals surface area contributed by atoms with Gasteiger partial charge >= 0.3 is 0 Å². The predicted molar refractivity (Wildman–Crippen MR) is 71.0 cm³/mol. The number of ether oxygens (including phenoxy) is 1. The molecule has 18 heavy (non-hydrogen) atoms. The van der Waals surface area contributed by atoms with Crippen molar-refractivity contribution in [3.63, 3.8) is 0 Å². The fourth-order valence-corrected chi connectivity index (χ4v) is 3.64. The molecule has 4 nitrogen and oxygen atoms in total. The molecule has 0 bridgehead atoms. The van der Waals surface area contributed by atoms with Crippen LogP contribution >= 0.6 is 11.3 Å². The minimum absolute atomic E-state index is 0.184. The molecule has 0 aromatic carbocycles. The zero-order valence-electron chi connectivity index (χ0n) is 10.6. The van der Waals surface area contributed by atoms with Gasteiger partial charge in [-0.15, -0.1) is 11.3 Å². The van der Waals surface area contributed by atoms with Gasteiger partial charge in [-0.25, -0.2) is 0 Å². The fourth-order valence-electron chi connectivity index (χ4n) is 2.54. The molecule has 0 saturated carbocycles. The summed E-state index contributed by atoms with van der Waals surface area (Å²) in [6.07, 6.45) is 0.949. The van der Waals surface area contributed by atoms with Gasteiger partial charge in [0.2, 0.25) is 0 Å². The molecule has 1 aromatic rings. The standard InChI is InChI=1S/C13H18N2O2S/c1-9-7-14-3-4-15(9)13(16)12-6-10-8-17-5-2-11(10)18-12/h6,9,14H,2-5,7-8H2,1H3/t9-/m1/s1. The SMILES string of the molecule is C[C@@H]1CNCCN1C(=O)c1cc2c(s1)CCOC2. The van der Waals surface area contributed by atoms with E-state index >= 15 is 0 Å². The van der Waals surface area contributed by atoms with E-state index in [-0.39, 0.29) is 11.9 Å². The maximum Gasteiger partial charge on any atom is 0.264 e. The molecule has 1 atom stereocenters. The highest BCUT2D eigenvalue weighted by molar-refractivity contribution is 7.14. The zero-order valence-corrected chi connectivity index (χ0v) is 11.4. The van der Waals surface area contributed by atoms with Crippen LogP contribution in [0.5, 0.6) is 0 Å². The van der Waals surface area contributed by atoms with Crippen LogP contribution in [0.2, 0.25) is 0 Å². The van der Waals surface area contributed by atoms with Gasteiger partial charge in [0.05, 0.1) is 18.1 Å². The van der Waals surface area contributed by atoms with Gasteiger partial charge in [0.15, 0.2) is 0 Å². The molecular formula is C13H18N2O2S. The third kappa shape index (κ3) is 2.18. The Kier molecular flexibility index (Phi) is 3.37. The number of hydrogen-bond donors (Lipinski definition) is 1. The third-order valence-electron chi connectivity index (χ3n) is 3.60. The van der Waals surface area contributed by atoms with Gasteiger partial charge in [-0.2, -0.15) is 0 Å². The predicted octanol–water partition coefficient (Wildman–Crippen LogP) is 1.25. The molecule has 1 amide bonds. The first-order valence-corrected chi connectivity index (χ1v) is 7.28. The van der Waals surface area contributed by atoms with Crippen molar-refractivity contribution in [2.24, 2.45) is 0 Å². The minimum atomic E-state index is 0.184. The second kappa shape index (κ2) is 4.99. The summed E-state index contributed by atoms with van der Waals surface area (Å²) >= 11 is 1.65. The summed E-state index contributed by atoms with van der Waals surface area (Å²) in [4.78, 5) is 16.7. The number of amides is 1. The lowest BCUT2D eigenvalue weighted by atomic mass is 10.1. The largest absolute Gasteiger partial charge is 0.376 e. The Balaban J connectivity index is 1.81. The smallest absolute Gasteiger partial charge is 0.264 e. The van der Waals surface area contributed by atoms with Crippen LogP contribution in [-0.4, -0.2) is 43.1 Å². The van der Waals surface area contributed by atoms with Crippen LogP contribution in [0.15, 0.2) is 6.07 Å². The van der Waals surface area contributed by atoms with Crippen LogP contribution in [0.25, 0.3) is 0 Å². The molecular weight excluding hydrogens is 248 g/mol. The maximum absolute atomic E-state index is 12.5. The quantitative estimate of drug-likeness (QED) is 0.832. The molecule has 1 N–H and O–H groups in total. The van der Waals surface area contributed by atoms with Crippen molar-refractivity contribution < 1.29 is 9.53 Å². The van der Waals surface area contributed by atoms with E-state index in [1.54, 1.807) is 11.3 Å². The number of nitrogens with one attached hydrogen (secondary N) is 1. The lowest BCUT2D eigenvalue weighted by Crippen LogP contribution is -2.52. The normalized spacial score (nSPS) is 23.8. The summed E-state index contributed by atoms with van der Waals surface area (Å²) in [5.74, 6) is 0.184. The van der Waals surface area contributed by atoms with Gasteiger partial charge in [0.1, 0.15) is 0 Å². The van der Waals surface area contributed by atoms with Crippen LogP contribution in [0.1, 0.15) is 27.0 Å². The van der Waals surface area contributed by atoms with E-state index in [9.17, 15) is 4.79 Å². The third-order valence-corrected chi connectivity index (χ3v) is 4.83. The van der Waals surface area contributed by atoms with E-state index < -0.39 is 0 Å². The molecule has 0 unspecified atom stereocenters. The topological polar surface area (TPSA) is 41.6 Å². The number of thiophene rings is 1. The highest BCUT2D eigenvalue weighted by atomic mass is 32.1. The second-order valence-corrected chi connectivity index (χ2v) is 6.05. The number of piperazine rings is 1. The summed E-state index contributed by atoms with van der Waals surface area (Å²) in [5.41, 5.74) is 1.21. The lowest BCUT2D eigenvalue weighted by Gasteiger charge is -2.33. The zero-order chi connectivity index (χ0) is 12.5. The van der Waals surface area contributed by atoms with E-state index in [4.69, 9.17) is 4.74 Å². The van der Waals surface area contributed by atoms with Gasteiger partial charge in [-0.3, -0.25) is 4.79 Å². The molecule has 2 aliphatic heterocycles. The van der Waals surface area contributed by atoms with E-state index in [1.165, 1.54) is 10.4 Å². The van der Waals surface area contributed by atoms with Crippen molar-refractivity contribution >= 4 is 17.2 Å². The van der Waals surface area contributed by atoms with Crippen molar-refractivity contribution in [3.8, 4) is 0 Å². The van der Waals surface area contributed by atoms with Gasteiger partial charge < -0.3 is 15.0 Å². The van der Waals surface area contributed by atoms with Crippen LogP contribution in [0.4, 0.5) is 0 Å². The summed E-state index contributed by atoms with van der Waals surface area (Å²) < 4.78 is 5.43. The first-order chi connectivity index (χ1) is 8.75. The summed E-state index contributed by atoms with van der Waals surface area (Å²) in [6.45, 7) is 6.13. The van der Waals surface area contributed by atoms with Crippen LogP contribution in [-0.2, 0) is 17.8 Å². The lowest BCUT2D eigenvalue weighted by molar-refractivity contribution is 0.0660. The summed E-state index contributed by atoms with van der Waals surface area (Å²) in [7, 11) is 0. The van der Waals surface area contributed by atoms with Crippen molar-refractivity contribution in [1.29, 1.82) is 0 Å². The molecule has 1 fully saturated rings. The number of fused-ring (bicyclic) bond motifs is 1. The molecule has 1 aromatic heterocycles. The maximum atomic E-state index is 12.5. The Labute approximate surface area is 111 Å². The van der Waals surface area contributed by atoms with Gasteiger partial charge in [0.25, 0.3) is 5.91 Å². The van der Waals surface area contributed by atoms with Crippen molar-refractivity contribution in [2.45, 2.75) is 26.0 Å². The van der Waals surface area contributed by atoms with E-state index in [2.05, 4.69) is 12.2 Å². The Morgan fingerprint density at radius 2 is 2.50 bits per heavy atom. The van der Waals surface area contributed by atoms with Crippen LogP contribution < -0.4 is 5.32 Å². The first kappa shape index (κ1) is 12.1. The number of carbonyl (C=O) groups excluding carboxylic acids is 1. The van der Waals surface area contributed by atoms with E-state index in [0.717, 1.165) is 37.5 Å². The van der Waals surface area contributed by atoms with Crippen LogP contribution in [0, 0.1) is 0 Å². The molecule has 3 rings (SSSR count). The Morgan fingerprint density at radius 1 is 1.61 bits per heavy atom. The monoisotopic (exact) mass is 266 g/mol. The van der Waals surface area contributed by atoms with Crippen molar-refractivity contribution in [2.75, 3.05) is 26.2 Å². The molecule has 5 heteroatoms. The van der Waals surface area contributed by atoms with Crippen molar-refractivity contribution in [1.82, 2.24) is 10.2 Å². The number of hydrogen-bond acceptors (Lipinski definition) is 4. The number of rotatable bonds is 1. The highest BCUT2D eigenvalue weighted by Crippen LogP contribution is 2.28. The van der Waals surface area contributed by atoms with Gasteiger partial charge in [-0.1, -0.05) is 0 Å². The van der Waals surface area contributed by atoms with E-state index in [0.29, 0.717) is 6.61 Å². The van der Waals surface area contributed by atoms with Gasteiger partial charge in [0, 0.05) is 37.0 Å². The number of carbonyl (C=O) groups is 1. The molecule has 98 valence electrons. The molecule has 0 radical (unpaired) electrons. The Bertz CT molecular complexity index is 434. The summed E-state index contributed by atoms with van der Waals surface area (Å²) in [6, 6.07) is 2.30. The Hall–Kier alpha value is -0.910. The molecule has 0 aliphatic carbocycles. The second-order valence-electron chi connectivity index (χ2n) is 4.91.